The Balaban J connectivity index is 1.19. The van der Waals surface area contributed by atoms with Crippen molar-refractivity contribution >= 4 is 27.5 Å². The summed E-state index contributed by atoms with van der Waals surface area (Å²) in [6, 6.07) is 12.0. The molecule has 2 fully saturated rings. The van der Waals surface area contributed by atoms with Gasteiger partial charge in [-0.15, -0.1) is 0 Å². The van der Waals surface area contributed by atoms with E-state index in [0.717, 1.165) is 51.6 Å². The number of methoxy groups -OCH3 is 2. The van der Waals surface area contributed by atoms with Gasteiger partial charge in [0, 0.05) is 42.8 Å². The Morgan fingerprint density at radius 3 is 2.05 bits per heavy atom. The molecule has 0 aliphatic carbocycles. The lowest BCUT2D eigenvalue weighted by Crippen LogP contribution is -2.39. The van der Waals surface area contributed by atoms with Crippen LogP contribution in [0.2, 0.25) is 5.02 Å². The summed E-state index contributed by atoms with van der Waals surface area (Å²) in [5.41, 5.74) is 0.695. The molecule has 202 valence electrons. The normalized spacial score (nSPS) is 18.1. The molecule has 0 spiro atoms. The van der Waals surface area contributed by atoms with Crippen LogP contribution in [0.3, 0.4) is 0 Å². The number of halogens is 1. The Morgan fingerprint density at radius 1 is 0.892 bits per heavy atom. The topological polar surface area (TPSA) is 76.2 Å². The summed E-state index contributed by atoms with van der Waals surface area (Å²) >= 11 is 5.94. The number of sulfonamides is 1. The number of carbonyl (C=O) groups is 1. The zero-order chi connectivity index (χ0) is 26.4. The van der Waals surface area contributed by atoms with Gasteiger partial charge in [-0.1, -0.05) is 30.9 Å². The largest absolute Gasteiger partial charge is 0.497 e. The van der Waals surface area contributed by atoms with Crippen molar-refractivity contribution in [1.82, 2.24) is 9.21 Å². The number of benzene rings is 2. The second-order valence-corrected chi connectivity index (χ2v) is 12.4. The highest BCUT2D eigenvalue weighted by molar-refractivity contribution is 7.89. The SMILES string of the molecule is COc1ccc(OC)c(S(=O)(=O)N2CCC(CCCC3CCN(C(=O)c4ccc(Cl)cc4)CC3)CC2)c1. The number of carbonyl (C=O) groups excluding carboxylic acids is 1. The van der Waals surface area contributed by atoms with Crippen molar-refractivity contribution in [3.8, 4) is 11.5 Å². The van der Waals surface area contributed by atoms with Gasteiger partial charge >= 0.3 is 0 Å². The van der Waals surface area contributed by atoms with E-state index in [4.69, 9.17) is 21.1 Å². The molecule has 0 bridgehead atoms. The molecule has 2 saturated heterocycles. The molecule has 0 unspecified atom stereocenters. The Kier molecular flexibility index (Phi) is 9.37. The van der Waals surface area contributed by atoms with Gasteiger partial charge < -0.3 is 14.4 Å². The van der Waals surface area contributed by atoms with E-state index >= 15 is 0 Å². The maximum atomic E-state index is 13.3. The quantitative estimate of drug-likeness (QED) is 0.415. The fraction of sp³-hybridized carbons (Fsp3) is 0.536. The van der Waals surface area contributed by atoms with E-state index in [-0.39, 0.29) is 10.8 Å². The van der Waals surface area contributed by atoms with E-state index in [1.165, 1.54) is 26.7 Å². The van der Waals surface area contributed by atoms with Gasteiger partial charge in [0.2, 0.25) is 10.0 Å². The molecule has 4 rings (SSSR count). The zero-order valence-corrected chi connectivity index (χ0v) is 23.3. The highest BCUT2D eigenvalue weighted by atomic mass is 35.5. The second kappa shape index (κ2) is 12.5. The minimum atomic E-state index is -3.64. The lowest BCUT2D eigenvalue weighted by atomic mass is 9.87. The van der Waals surface area contributed by atoms with Crippen molar-refractivity contribution in [2.24, 2.45) is 11.8 Å². The highest BCUT2D eigenvalue weighted by Gasteiger charge is 2.32. The second-order valence-electron chi connectivity index (χ2n) is 10.0. The summed E-state index contributed by atoms with van der Waals surface area (Å²) in [5, 5.41) is 0.639. The van der Waals surface area contributed by atoms with Crippen molar-refractivity contribution in [3.63, 3.8) is 0 Å². The monoisotopic (exact) mass is 548 g/mol. The number of ether oxygens (including phenoxy) is 2. The zero-order valence-electron chi connectivity index (χ0n) is 21.7. The number of rotatable bonds is 9. The van der Waals surface area contributed by atoms with E-state index < -0.39 is 10.0 Å². The lowest BCUT2D eigenvalue weighted by molar-refractivity contribution is 0.0685. The predicted molar refractivity (Wildman–Crippen MR) is 145 cm³/mol. The Bertz CT molecular complexity index is 1160. The van der Waals surface area contributed by atoms with Crippen LogP contribution in [0, 0.1) is 11.8 Å². The van der Waals surface area contributed by atoms with Crippen molar-refractivity contribution in [3.05, 3.63) is 53.1 Å². The Morgan fingerprint density at radius 2 is 1.49 bits per heavy atom. The fourth-order valence-corrected chi connectivity index (χ4v) is 7.22. The third kappa shape index (κ3) is 6.78. The molecule has 2 aromatic carbocycles. The molecule has 1 amide bonds. The summed E-state index contributed by atoms with van der Waals surface area (Å²) in [5.74, 6) is 2.11. The van der Waals surface area contributed by atoms with Crippen LogP contribution >= 0.6 is 11.6 Å². The molecule has 37 heavy (non-hydrogen) atoms. The molecule has 9 heteroatoms. The van der Waals surface area contributed by atoms with Crippen LogP contribution in [-0.2, 0) is 10.0 Å². The van der Waals surface area contributed by atoms with E-state index in [2.05, 4.69) is 0 Å². The number of likely N-dealkylation sites (tertiary alicyclic amines) is 1. The first-order chi connectivity index (χ1) is 17.8. The number of hydrogen-bond acceptors (Lipinski definition) is 5. The minimum Gasteiger partial charge on any atom is -0.497 e. The van der Waals surface area contributed by atoms with Gasteiger partial charge in [0.05, 0.1) is 14.2 Å². The standard InChI is InChI=1S/C28H37ClN2O5S/c1-35-25-10-11-26(36-2)27(20-25)37(33,34)31-18-14-22(15-19-31)5-3-4-21-12-16-30(17-13-21)28(32)23-6-8-24(29)9-7-23/h6-11,20-22H,3-5,12-19H2,1-2H3. The van der Waals surface area contributed by atoms with Crippen molar-refractivity contribution < 1.29 is 22.7 Å². The maximum absolute atomic E-state index is 13.3. The van der Waals surface area contributed by atoms with Gasteiger partial charge in [-0.25, -0.2) is 8.42 Å². The van der Waals surface area contributed by atoms with Crippen LogP contribution in [0.4, 0.5) is 0 Å². The van der Waals surface area contributed by atoms with Crippen molar-refractivity contribution in [1.29, 1.82) is 0 Å². The van der Waals surface area contributed by atoms with Gasteiger partial charge in [0.1, 0.15) is 16.4 Å². The molecule has 2 heterocycles. The van der Waals surface area contributed by atoms with Crippen LogP contribution in [0.5, 0.6) is 11.5 Å². The summed E-state index contributed by atoms with van der Waals surface area (Å²) in [6.45, 7) is 2.66. The number of amides is 1. The van der Waals surface area contributed by atoms with Crippen molar-refractivity contribution in [2.75, 3.05) is 40.4 Å². The van der Waals surface area contributed by atoms with Crippen LogP contribution in [-0.4, -0.2) is 63.9 Å². The van der Waals surface area contributed by atoms with E-state index in [0.29, 0.717) is 47.0 Å². The average molecular weight is 549 g/mol. The lowest BCUT2D eigenvalue weighted by Gasteiger charge is -2.33. The van der Waals surface area contributed by atoms with Gasteiger partial charge in [0.25, 0.3) is 5.91 Å². The summed E-state index contributed by atoms with van der Waals surface area (Å²) < 4.78 is 38.7. The first-order valence-electron chi connectivity index (χ1n) is 13.1. The molecule has 0 atom stereocenters. The third-order valence-electron chi connectivity index (χ3n) is 7.78. The van der Waals surface area contributed by atoms with Crippen LogP contribution < -0.4 is 9.47 Å². The highest BCUT2D eigenvalue weighted by Crippen LogP contribution is 2.34. The molecular formula is C28H37ClN2O5S. The summed E-state index contributed by atoms with van der Waals surface area (Å²) in [7, 11) is -0.641. The summed E-state index contributed by atoms with van der Waals surface area (Å²) in [6.07, 6.45) is 7.27. The van der Waals surface area contributed by atoms with E-state index in [9.17, 15) is 13.2 Å². The molecule has 7 nitrogen and oxygen atoms in total. The predicted octanol–water partition coefficient (Wildman–Crippen LogP) is 5.48. The molecule has 2 aromatic rings. The van der Waals surface area contributed by atoms with Gasteiger partial charge in [-0.3, -0.25) is 4.79 Å². The minimum absolute atomic E-state index is 0.0865. The van der Waals surface area contributed by atoms with E-state index in [1.807, 2.05) is 4.90 Å². The van der Waals surface area contributed by atoms with Gasteiger partial charge in [-0.2, -0.15) is 4.31 Å². The van der Waals surface area contributed by atoms with Crippen LogP contribution in [0.1, 0.15) is 55.3 Å². The molecule has 0 saturated carbocycles. The number of nitrogens with zero attached hydrogens (tertiary/aromatic N) is 2. The Hall–Kier alpha value is -2.29. The number of piperidine rings is 2. The van der Waals surface area contributed by atoms with Crippen LogP contribution in [0.25, 0.3) is 0 Å². The maximum Gasteiger partial charge on any atom is 0.253 e. The smallest absolute Gasteiger partial charge is 0.253 e. The van der Waals surface area contributed by atoms with Crippen LogP contribution in [0.15, 0.2) is 47.4 Å². The first-order valence-corrected chi connectivity index (χ1v) is 14.9. The van der Waals surface area contributed by atoms with Gasteiger partial charge in [0.15, 0.2) is 0 Å². The van der Waals surface area contributed by atoms with Crippen molar-refractivity contribution in [2.45, 2.75) is 49.8 Å². The first kappa shape index (κ1) is 27.7. The molecule has 0 radical (unpaired) electrons. The third-order valence-corrected chi connectivity index (χ3v) is 9.95. The van der Waals surface area contributed by atoms with Gasteiger partial charge in [-0.05, 0) is 73.9 Å². The molecule has 0 N–H and O–H groups in total. The molecule has 2 aliphatic heterocycles. The average Bonchev–Trinajstić information content (AvgIpc) is 2.93. The Labute approximate surface area is 225 Å². The summed E-state index contributed by atoms with van der Waals surface area (Å²) in [4.78, 5) is 14.8. The van der Waals surface area contributed by atoms with E-state index in [1.54, 1.807) is 40.7 Å². The number of hydrogen-bond donors (Lipinski definition) is 0. The molecule has 0 aromatic heterocycles. The molecular weight excluding hydrogens is 512 g/mol. The fourth-order valence-electron chi connectivity index (χ4n) is 5.46. The molecule has 2 aliphatic rings.